The number of halogens is 4. The minimum atomic E-state index is -4.52. The van der Waals surface area contributed by atoms with Gasteiger partial charge in [-0.15, -0.1) is 0 Å². The highest BCUT2D eigenvalue weighted by Crippen LogP contribution is 2.34. The molecule has 1 atom stereocenters. The third kappa shape index (κ3) is 4.88. The molecule has 1 N–H and O–H groups in total. The summed E-state index contributed by atoms with van der Waals surface area (Å²) in [6.07, 6.45) is -3.39. The molecule has 1 aromatic rings. The number of nitrogens with one attached hydrogen (secondary N) is 1. The molecule has 1 aliphatic heterocycles. The molecule has 0 unspecified atom stereocenters. The number of hydrogen-bond donors (Lipinski definition) is 1. The Bertz CT molecular complexity index is 674. The molecule has 2 rings (SSSR count). The molecule has 0 aromatic heterocycles. The molecule has 9 heteroatoms. The summed E-state index contributed by atoms with van der Waals surface area (Å²) in [7, 11) is 1.34. The molecule has 0 radical (unpaired) electrons. The van der Waals surface area contributed by atoms with Crippen molar-refractivity contribution in [3.8, 4) is 0 Å². The number of hydrogen-bond acceptors (Lipinski definition) is 4. The maximum Gasteiger partial charge on any atom is 0.416 e. The Morgan fingerprint density at radius 2 is 1.92 bits per heavy atom. The van der Waals surface area contributed by atoms with E-state index in [0.29, 0.717) is 25.9 Å². The van der Waals surface area contributed by atoms with Crippen molar-refractivity contribution in [3.05, 3.63) is 28.8 Å². The maximum atomic E-state index is 12.8. The monoisotopic (exact) mass is 392 g/mol. The van der Waals surface area contributed by atoms with Crippen LogP contribution in [0.2, 0.25) is 5.02 Å². The van der Waals surface area contributed by atoms with Crippen molar-refractivity contribution in [2.75, 3.05) is 25.5 Å². The Kier molecular flexibility index (Phi) is 6.52. The van der Waals surface area contributed by atoms with Crippen molar-refractivity contribution < 1.29 is 27.5 Å². The molecule has 1 aliphatic rings. The quantitative estimate of drug-likeness (QED) is 0.796. The lowest BCUT2D eigenvalue weighted by Gasteiger charge is -2.34. The van der Waals surface area contributed by atoms with Crippen LogP contribution >= 0.6 is 11.6 Å². The number of methoxy groups -OCH3 is 1. The van der Waals surface area contributed by atoms with Gasteiger partial charge >= 0.3 is 12.1 Å². The van der Waals surface area contributed by atoms with E-state index in [1.165, 1.54) is 7.11 Å². The van der Waals surface area contributed by atoms with Crippen molar-refractivity contribution in [2.45, 2.75) is 32.0 Å². The number of carbonyl (C=O) groups is 2. The number of likely N-dealkylation sites (tertiary alicyclic amines) is 1. The fourth-order valence-corrected chi connectivity index (χ4v) is 3.05. The van der Waals surface area contributed by atoms with E-state index < -0.39 is 23.7 Å². The second kappa shape index (κ2) is 8.26. The minimum Gasteiger partial charge on any atom is -0.469 e. The number of esters is 1. The summed E-state index contributed by atoms with van der Waals surface area (Å²) in [6.45, 7) is 2.70. The SMILES string of the molecule is COC(=O)C1CCN([C@H](C)C(=O)Nc2cc(C(F)(F)F)ccc2Cl)CC1. The van der Waals surface area contributed by atoms with Crippen LogP contribution in [0.3, 0.4) is 0 Å². The van der Waals surface area contributed by atoms with Gasteiger partial charge in [0.05, 0.1) is 35.3 Å². The van der Waals surface area contributed by atoms with Crippen LogP contribution in [0.4, 0.5) is 18.9 Å². The van der Waals surface area contributed by atoms with Crippen LogP contribution in [0, 0.1) is 5.92 Å². The molecule has 1 saturated heterocycles. The first-order chi connectivity index (χ1) is 12.1. The smallest absolute Gasteiger partial charge is 0.416 e. The predicted molar refractivity (Wildman–Crippen MR) is 90.9 cm³/mol. The maximum absolute atomic E-state index is 12.8. The summed E-state index contributed by atoms with van der Waals surface area (Å²) in [5.74, 6) is -0.912. The first kappa shape index (κ1) is 20.5. The summed E-state index contributed by atoms with van der Waals surface area (Å²) < 4.78 is 43.2. The molecule has 1 aromatic carbocycles. The molecule has 0 aliphatic carbocycles. The standard InChI is InChI=1S/C17H20ClF3N2O3/c1-10(23-7-5-11(6-8-23)16(25)26-2)15(24)22-14-9-12(17(19,20)21)3-4-13(14)18/h3-4,9-11H,5-8H2,1-2H3,(H,22,24)/t10-/m1/s1. The van der Waals surface area contributed by atoms with E-state index in [-0.39, 0.29) is 22.6 Å². The molecule has 26 heavy (non-hydrogen) atoms. The van der Waals surface area contributed by atoms with E-state index in [4.69, 9.17) is 16.3 Å². The van der Waals surface area contributed by atoms with E-state index in [0.717, 1.165) is 18.2 Å². The predicted octanol–water partition coefficient (Wildman–Crippen LogP) is 3.57. The lowest BCUT2D eigenvalue weighted by Crippen LogP contribution is -2.47. The van der Waals surface area contributed by atoms with Gasteiger partial charge in [0.15, 0.2) is 0 Å². The third-order valence-electron chi connectivity index (χ3n) is 4.54. The van der Waals surface area contributed by atoms with Crippen molar-refractivity contribution in [1.29, 1.82) is 0 Å². The molecule has 0 saturated carbocycles. The zero-order valence-corrected chi connectivity index (χ0v) is 15.2. The number of alkyl halides is 3. The van der Waals surface area contributed by atoms with Crippen LogP contribution in [0.25, 0.3) is 0 Å². The van der Waals surface area contributed by atoms with Crippen LogP contribution in [-0.2, 0) is 20.5 Å². The molecule has 0 bridgehead atoms. The van der Waals surface area contributed by atoms with E-state index in [2.05, 4.69) is 5.32 Å². The molecule has 1 amide bonds. The number of rotatable bonds is 4. The highest BCUT2D eigenvalue weighted by molar-refractivity contribution is 6.33. The van der Waals surface area contributed by atoms with Gasteiger partial charge in [-0.1, -0.05) is 11.6 Å². The molecule has 144 valence electrons. The number of ether oxygens (including phenoxy) is 1. The normalized spacial score (nSPS) is 17.6. The fraction of sp³-hybridized carbons (Fsp3) is 0.529. The van der Waals surface area contributed by atoms with Crippen LogP contribution < -0.4 is 5.32 Å². The first-order valence-electron chi connectivity index (χ1n) is 8.13. The van der Waals surface area contributed by atoms with Gasteiger partial charge in [-0.3, -0.25) is 14.5 Å². The van der Waals surface area contributed by atoms with Crippen molar-refractivity contribution in [1.82, 2.24) is 4.90 Å². The topological polar surface area (TPSA) is 58.6 Å². The van der Waals surface area contributed by atoms with Crippen molar-refractivity contribution in [2.24, 2.45) is 5.92 Å². The molecular weight excluding hydrogens is 373 g/mol. The fourth-order valence-electron chi connectivity index (χ4n) is 2.89. The first-order valence-corrected chi connectivity index (χ1v) is 8.50. The number of piperidine rings is 1. The highest BCUT2D eigenvalue weighted by Gasteiger charge is 2.32. The molecule has 5 nitrogen and oxygen atoms in total. The Morgan fingerprint density at radius 3 is 2.46 bits per heavy atom. The average Bonchev–Trinajstić information content (AvgIpc) is 2.61. The number of benzene rings is 1. The van der Waals surface area contributed by atoms with E-state index in [9.17, 15) is 22.8 Å². The zero-order valence-electron chi connectivity index (χ0n) is 14.4. The number of anilines is 1. The van der Waals surface area contributed by atoms with Crippen LogP contribution in [-0.4, -0.2) is 43.0 Å². The number of amides is 1. The van der Waals surface area contributed by atoms with Crippen molar-refractivity contribution >= 4 is 29.2 Å². The molecule has 1 fully saturated rings. The van der Waals surface area contributed by atoms with Crippen LogP contribution in [0.15, 0.2) is 18.2 Å². The second-order valence-electron chi connectivity index (χ2n) is 6.19. The highest BCUT2D eigenvalue weighted by atomic mass is 35.5. The van der Waals surface area contributed by atoms with E-state index >= 15 is 0 Å². The van der Waals surface area contributed by atoms with Gasteiger partial charge in [-0.05, 0) is 51.1 Å². The van der Waals surface area contributed by atoms with Gasteiger partial charge in [0.2, 0.25) is 5.91 Å². The minimum absolute atomic E-state index is 0.0305. The van der Waals surface area contributed by atoms with Gasteiger partial charge in [0, 0.05) is 0 Å². The third-order valence-corrected chi connectivity index (χ3v) is 4.87. The molecular formula is C17H20ClF3N2O3. The lowest BCUT2D eigenvalue weighted by atomic mass is 9.96. The van der Waals surface area contributed by atoms with Gasteiger partial charge in [0.25, 0.3) is 0 Å². The summed E-state index contributed by atoms with van der Waals surface area (Å²) in [5.41, 5.74) is -0.966. The zero-order chi connectivity index (χ0) is 19.5. The van der Waals surface area contributed by atoms with E-state index in [1.54, 1.807) is 6.92 Å². The lowest BCUT2D eigenvalue weighted by molar-refractivity contribution is -0.147. The second-order valence-corrected chi connectivity index (χ2v) is 6.60. The van der Waals surface area contributed by atoms with Crippen molar-refractivity contribution in [3.63, 3.8) is 0 Å². The summed E-state index contributed by atoms with van der Waals surface area (Å²) in [5, 5.41) is 2.49. The summed E-state index contributed by atoms with van der Waals surface area (Å²) in [6, 6.07) is 2.21. The van der Waals surface area contributed by atoms with Crippen LogP contribution in [0.5, 0.6) is 0 Å². The average molecular weight is 393 g/mol. The molecule has 0 spiro atoms. The van der Waals surface area contributed by atoms with Gasteiger partial charge in [-0.2, -0.15) is 13.2 Å². The van der Waals surface area contributed by atoms with Gasteiger partial charge in [0.1, 0.15) is 0 Å². The summed E-state index contributed by atoms with van der Waals surface area (Å²) in [4.78, 5) is 25.8. The van der Waals surface area contributed by atoms with Crippen LogP contribution in [0.1, 0.15) is 25.3 Å². The van der Waals surface area contributed by atoms with Gasteiger partial charge < -0.3 is 10.1 Å². The Labute approximate surface area is 154 Å². The number of nitrogens with zero attached hydrogens (tertiary/aromatic N) is 1. The van der Waals surface area contributed by atoms with Gasteiger partial charge in [-0.25, -0.2) is 0 Å². The summed E-state index contributed by atoms with van der Waals surface area (Å²) >= 11 is 5.90. The Balaban J connectivity index is 2.01. The van der Waals surface area contributed by atoms with E-state index in [1.807, 2.05) is 4.90 Å². The largest absolute Gasteiger partial charge is 0.469 e. The Morgan fingerprint density at radius 1 is 1.31 bits per heavy atom. The Hall–Kier alpha value is -1.80. The molecule has 1 heterocycles. The number of carbonyl (C=O) groups excluding carboxylic acids is 2.